The van der Waals surface area contributed by atoms with E-state index in [2.05, 4.69) is 0 Å². The first-order chi connectivity index (χ1) is 14.6. The molecule has 0 aromatic rings. The number of hydrogen-bond acceptors (Lipinski definition) is 13. The Hall–Kier alpha value is -1.71. The van der Waals surface area contributed by atoms with E-state index in [1.807, 2.05) is 0 Å². The molecule has 0 heterocycles. The second-order valence-electron chi connectivity index (χ2n) is 7.11. The van der Waals surface area contributed by atoms with E-state index in [1.54, 1.807) is 0 Å². The molecule has 0 aliphatic carbocycles. The van der Waals surface area contributed by atoms with Crippen LogP contribution in [0.3, 0.4) is 0 Å². The van der Waals surface area contributed by atoms with E-state index in [9.17, 15) is 24.9 Å². The van der Waals surface area contributed by atoms with Gasteiger partial charge in [-0.25, -0.2) is 4.79 Å². The van der Waals surface area contributed by atoms with Crippen molar-refractivity contribution in [3.05, 3.63) is 0 Å². The molecule has 0 aromatic heterocycles. The standard InChI is InChI=1S/C18H37N5O8/c19-6-2-1-3-11(22)17(28)31-16(10(21)4-7-20)13(26)9-30-18(29)15(27)14(23)12(25)5-8-24/h11-16,21,24-27H,1-9,19-20,22-23H2. The molecule has 0 aliphatic rings. The minimum Gasteiger partial charge on any atom is -0.461 e. The van der Waals surface area contributed by atoms with Crippen molar-refractivity contribution in [1.82, 2.24) is 0 Å². The van der Waals surface area contributed by atoms with Gasteiger partial charge in [0.2, 0.25) is 0 Å². The van der Waals surface area contributed by atoms with E-state index in [-0.39, 0.29) is 25.1 Å². The van der Waals surface area contributed by atoms with Crippen LogP contribution in [0.15, 0.2) is 0 Å². The zero-order chi connectivity index (χ0) is 24.0. The monoisotopic (exact) mass is 451 g/mol. The normalized spacial score (nSPS) is 17.2. The van der Waals surface area contributed by atoms with Crippen molar-refractivity contribution in [1.29, 1.82) is 5.41 Å². The van der Waals surface area contributed by atoms with Gasteiger partial charge in [0.25, 0.3) is 0 Å². The number of aliphatic hydroxyl groups excluding tert-OH is 4. The summed E-state index contributed by atoms with van der Waals surface area (Å²) in [4.78, 5) is 24.1. The van der Waals surface area contributed by atoms with Gasteiger partial charge in [0.05, 0.1) is 17.9 Å². The van der Waals surface area contributed by atoms with Gasteiger partial charge in [-0.1, -0.05) is 6.42 Å². The van der Waals surface area contributed by atoms with Crippen molar-refractivity contribution >= 4 is 17.7 Å². The highest BCUT2D eigenvalue weighted by Gasteiger charge is 2.33. The molecule has 31 heavy (non-hydrogen) atoms. The summed E-state index contributed by atoms with van der Waals surface area (Å²) >= 11 is 0. The molecule has 13 nitrogen and oxygen atoms in total. The topological polar surface area (TPSA) is 261 Å². The molecule has 0 saturated heterocycles. The number of unbranched alkanes of at least 4 members (excludes halogenated alkanes) is 1. The summed E-state index contributed by atoms with van der Waals surface area (Å²) in [5.74, 6) is -2.08. The van der Waals surface area contributed by atoms with Gasteiger partial charge in [-0.05, 0) is 32.4 Å². The van der Waals surface area contributed by atoms with Crippen LogP contribution >= 0.6 is 0 Å². The highest BCUT2D eigenvalue weighted by atomic mass is 16.6. The number of nitrogens with two attached hydrogens (primary N) is 4. The zero-order valence-electron chi connectivity index (χ0n) is 17.6. The lowest BCUT2D eigenvalue weighted by Crippen LogP contribution is -2.50. The van der Waals surface area contributed by atoms with Crippen LogP contribution in [0.4, 0.5) is 0 Å². The molecule has 182 valence electrons. The molecular weight excluding hydrogens is 414 g/mol. The maximum absolute atomic E-state index is 12.2. The van der Waals surface area contributed by atoms with Crippen molar-refractivity contribution in [2.45, 2.75) is 68.6 Å². The van der Waals surface area contributed by atoms with E-state index >= 15 is 0 Å². The number of esters is 2. The Morgan fingerprint density at radius 3 is 2.13 bits per heavy atom. The number of carbonyl (C=O) groups excluding carboxylic acids is 2. The van der Waals surface area contributed by atoms with Crippen LogP contribution < -0.4 is 22.9 Å². The Balaban J connectivity index is 4.94. The first-order valence-electron chi connectivity index (χ1n) is 10.1. The molecule has 0 amide bonds. The van der Waals surface area contributed by atoms with E-state index in [4.69, 9.17) is 42.9 Å². The summed E-state index contributed by atoms with van der Waals surface area (Å²) in [6.45, 7) is -0.632. The van der Waals surface area contributed by atoms with E-state index < -0.39 is 61.7 Å². The van der Waals surface area contributed by atoms with Crippen LogP contribution in [0.5, 0.6) is 0 Å². The fourth-order valence-electron chi connectivity index (χ4n) is 2.55. The van der Waals surface area contributed by atoms with Gasteiger partial charge in [-0.15, -0.1) is 0 Å². The number of carbonyl (C=O) groups is 2. The average molecular weight is 452 g/mol. The van der Waals surface area contributed by atoms with Crippen LogP contribution in [0, 0.1) is 5.41 Å². The quantitative estimate of drug-likeness (QED) is 0.0583. The molecule has 0 rings (SSSR count). The maximum Gasteiger partial charge on any atom is 0.336 e. The Morgan fingerprint density at radius 2 is 1.58 bits per heavy atom. The molecule has 0 saturated carbocycles. The molecular formula is C18H37N5O8. The van der Waals surface area contributed by atoms with Gasteiger partial charge in [-0.2, -0.15) is 0 Å². The largest absolute Gasteiger partial charge is 0.461 e. The molecule has 0 radical (unpaired) electrons. The third-order valence-corrected chi connectivity index (χ3v) is 4.49. The summed E-state index contributed by atoms with van der Waals surface area (Å²) in [6.07, 6.45) is -4.96. The lowest BCUT2D eigenvalue weighted by Gasteiger charge is -2.26. The molecule has 0 aliphatic heterocycles. The molecule has 6 atom stereocenters. The predicted molar refractivity (Wildman–Crippen MR) is 111 cm³/mol. The molecule has 0 aromatic carbocycles. The number of ether oxygens (including phenoxy) is 2. The summed E-state index contributed by atoms with van der Waals surface area (Å²) in [6, 6.07) is -2.41. The summed E-state index contributed by atoms with van der Waals surface area (Å²) in [7, 11) is 0. The molecule has 13 N–H and O–H groups in total. The summed E-state index contributed by atoms with van der Waals surface area (Å²) in [5, 5.41) is 46.6. The van der Waals surface area contributed by atoms with Crippen LogP contribution in [-0.2, 0) is 19.1 Å². The Kier molecular flexibility index (Phi) is 15.1. The number of aliphatic hydroxyl groups is 4. The minimum absolute atomic E-state index is 0.00617. The van der Waals surface area contributed by atoms with Crippen LogP contribution in [-0.4, -0.2) is 101 Å². The SMILES string of the molecule is N=C(CCN)C(OC(=O)C(N)CCCCN)C(O)COC(=O)C(O)C(N)C(O)CCO. The van der Waals surface area contributed by atoms with Gasteiger partial charge in [0.15, 0.2) is 12.2 Å². The third kappa shape index (κ3) is 10.9. The molecule has 6 unspecified atom stereocenters. The van der Waals surface area contributed by atoms with Crippen molar-refractivity contribution in [2.24, 2.45) is 22.9 Å². The zero-order valence-corrected chi connectivity index (χ0v) is 17.6. The Bertz CT molecular complexity index is 553. The summed E-state index contributed by atoms with van der Waals surface area (Å²) < 4.78 is 9.95. The number of hydrogen-bond donors (Lipinski definition) is 9. The average Bonchev–Trinajstić information content (AvgIpc) is 2.74. The van der Waals surface area contributed by atoms with Crippen LogP contribution in [0.1, 0.15) is 32.1 Å². The van der Waals surface area contributed by atoms with Gasteiger partial charge < -0.3 is 58.2 Å². The lowest BCUT2D eigenvalue weighted by atomic mass is 10.0. The van der Waals surface area contributed by atoms with E-state index in [1.165, 1.54) is 0 Å². The van der Waals surface area contributed by atoms with Gasteiger partial charge in [0, 0.05) is 13.0 Å². The maximum atomic E-state index is 12.2. The van der Waals surface area contributed by atoms with Crippen molar-refractivity contribution in [3.63, 3.8) is 0 Å². The number of rotatable bonds is 17. The second kappa shape index (κ2) is 16.0. The second-order valence-corrected chi connectivity index (χ2v) is 7.11. The minimum atomic E-state index is -1.92. The smallest absolute Gasteiger partial charge is 0.336 e. The lowest BCUT2D eigenvalue weighted by molar-refractivity contribution is -0.164. The molecule has 0 bridgehead atoms. The first kappa shape index (κ1) is 29.3. The molecule has 0 spiro atoms. The van der Waals surface area contributed by atoms with Crippen molar-refractivity contribution < 1.29 is 39.5 Å². The fraction of sp³-hybridized carbons (Fsp3) is 0.833. The Morgan fingerprint density at radius 1 is 0.935 bits per heavy atom. The van der Waals surface area contributed by atoms with Gasteiger partial charge in [0.1, 0.15) is 18.8 Å². The van der Waals surface area contributed by atoms with Crippen molar-refractivity contribution in [3.8, 4) is 0 Å². The fourth-order valence-corrected chi connectivity index (χ4v) is 2.55. The number of nitrogens with one attached hydrogen (secondary N) is 1. The van der Waals surface area contributed by atoms with Gasteiger partial charge in [-0.3, -0.25) is 4.79 Å². The first-order valence-corrected chi connectivity index (χ1v) is 10.1. The molecule has 0 fully saturated rings. The van der Waals surface area contributed by atoms with E-state index in [0.717, 1.165) is 0 Å². The van der Waals surface area contributed by atoms with Gasteiger partial charge >= 0.3 is 11.9 Å². The highest BCUT2D eigenvalue weighted by Crippen LogP contribution is 2.10. The Labute approximate surface area is 181 Å². The highest BCUT2D eigenvalue weighted by molar-refractivity contribution is 5.89. The summed E-state index contributed by atoms with van der Waals surface area (Å²) in [5.41, 5.74) is 21.9. The third-order valence-electron chi connectivity index (χ3n) is 4.49. The van der Waals surface area contributed by atoms with E-state index in [0.29, 0.717) is 25.8 Å². The van der Waals surface area contributed by atoms with Crippen molar-refractivity contribution in [2.75, 3.05) is 26.3 Å². The molecule has 13 heteroatoms. The van der Waals surface area contributed by atoms with Crippen LogP contribution in [0.2, 0.25) is 0 Å². The predicted octanol–water partition coefficient (Wildman–Crippen LogP) is -3.94. The van der Waals surface area contributed by atoms with Crippen LogP contribution in [0.25, 0.3) is 0 Å².